The fourth-order valence-electron chi connectivity index (χ4n) is 5.67. The second-order valence-electron chi connectivity index (χ2n) is 14.7. The Morgan fingerprint density at radius 1 is 0.982 bits per heavy atom. The molecule has 312 valence electrons. The van der Waals surface area contributed by atoms with Gasteiger partial charge in [-0.25, -0.2) is 14.0 Å². The number of carbonyl (C=O) groups excluding carboxylic acids is 2. The monoisotopic (exact) mass is 831 g/mol. The van der Waals surface area contributed by atoms with Gasteiger partial charge >= 0.3 is 24.8 Å². The van der Waals surface area contributed by atoms with Gasteiger partial charge in [-0.2, -0.15) is 13.5 Å². The van der Waals surface area contributed by atoms with E-state index >= 15 is 4.39 Å². The molecule has 1 heterocycles. The summed E-state index contributed by atoms with van der Waals surface area (Å²) in [5, 5.41) is 13.2. The molecule has 1 N–H and O–H groups in total. The summed E-state index contributed by atoms with van der Waals surface area (Å²) in [6.07, 6.45) is -3.25. The lowest BCUT2D eigenvalue weighted by Crippen LogP contribution is -2.45. The summed E-state index contributed by atoms with van der Waals surface area (Å²) in [5.74, 6) is -2.31. The van der Waals surface area contributed by atoms with Crippen LogP contribution < -0.4 is 13.8 Å². The first-order chi connectivity index (χ1) is 26.0. The van der Waals surface area contributed by atoms with E-state index in [9.17, 15) is 37.0 Å². The number of benzene rings is 2. The third kappa shape index (κ3) is 12.8. The lowest BCUT2D eigenvalue weighted by atomic mass is 10.1. The summed E-state index contributed by atoms with van der Waals surface area (Å²) in [4.78, 5) is 39.5. The second kappa shape index (κ2) is 19.2. The van der Waals surface area contributed by atoms with Crippen molar-refractivity contribution in [3.63, 3.8) is 0 Å². The first-order valence-corrected chi connectivity index (χ1v) is 21.5. The summed E-state index contributed by atoms with van der Waals surface area (Å²) in [7, 11) is -2.50. The number of rotatable bonds is 18. The van der Waals surface area contributed by atoms with Crippen molar-refractivity contribution in [2.75, 3.05) is 30.5 Å². The molecule has 2 aromatic carbocycles. The molecule has 15 nitrogen and oxygen atoms in total. The molecule has 0 spiro atoms. The van der Waals surface area contributed by atoms with Gasteiger partial charge in [0.25, 0.3) is 0 Å². The summed E-state index contributed by atoms with van der Waals surface area (Å²) in [5.41, 5.74) is -2.06. The molecule has 3 aromatic rings. The first-order valence-electron chi connectivity index (χ1n) is 17.9. The van der Waals surface area contributed by atoms with Crippen LogP contribution in [0.15, 0.2) is 36.4 Å². The number of nitrogens with zero attached hydrogens (tertiary/aromatic N) is 4. The quantitative estimate of drug-likeness (QED) is 0.0753. The average molecular weight is 832 g/mol. The molecule has 56 heavy (non-hydrogen) atoms. The Kier molecular flexibility index (Phi) is 15.7. The summed E-state index contributed by atoms with van der Waals surface area (Å²) >= 11 is -3.09. The molecule has 20 heteroatoms. The van der Waals surface area contributed by atoms with Gasteiger partial charge < -0.3 is 37.9 Å². The van der Waals surface area contributed by atoms with E-state index in [1.807, 2.05) is 20.8 Å². The number of hydrogen-bond acceptors (Lipinski definition) is 11. The van der Waals surface area contributed by atoms with Gasteiger partial charge in [0.2, 0.25) is 5.88 Å². The molecule has 0 bridgehead atoms. The topological polar surface area (TPSA) is 182 Å². The van der Waals surface area contributed by atoms with Crippen LogP contribution in [-0.4, -0.2) is 99.1 Å². The molecule has 3 rings (SSSR count). The van der Waals surface area contributed by atoms with Gasteiger partial charge in [0, 0.05) is 17.3 Å². The van der Waals surface area contributed by atoms with Crippen LogP contribution in [0.1, 0.15) is 74.0 Å². The third-order valence-electron chi connectivity index (χ3n) is 8.48. The van der Waals surface area contributed by atoms with E-state index in [2.05, 4.69) is 9.84 Å². The maximum absolute atomic E-state index is 15.4. The number of hydrogen-bond donors (Lipinski definition) is 1. The molecular formula is C36H50F3N4O11SSi-. The molecule has 0 aliphatic carbocycles. The Hall–Kier alpha value is -4.40. The minimum Gasteiger partial charge on any atom is -0.755 e. The number of esters is 1. The van der Waals surface area contributed by atoms with Crippen LogP contribution in [0.5, 0.6) is 11.6 Å². The maximum atomic E-state index is 15.4. The summed E-state index contributed by atoms with van der Waals surface area (Å²) in [6, 6.07) is 9.77. The summed E-state index contributed by atoms with van der Waals surface area (Å²) < 4.78 is 95.2. The molecule has 2 atom stereocenters. The number of carbonyl (C=O) groups is 3. The number of aromatic nitrogens is 2. The van der Waals surface area contributed by atoms with E-state index in [0.717, 1.165) is 6.07 Å². The Labute approximate surface area is 327 Å². The van der Waals surface area contributed by atoms with Gasteiger partial charge in [0.1, 0.15) is 35.9 Å². The van der Waals surface area contributed by atoms with Gasteiger partial charge in [-0.3, -0.25) is 13.3 Å². The standard InChI is InChI=1S/C36H51F3N4O11SSi/c1-10-56(11-2,12-3)54-29(23-13-16-26(37)28(19-23)42(55(48)49)22-30(44)52-35(4,5)6)21-41(34(47)53-36(7,8)9)17-18-50-24-14-15-25-27(20-24)43(33(45)46)40-31(25)51-32(38)39/h13-16,19-20,29,32H,10-12,17-18,21-22H2,1-9H3,(H,45,46)(H,48,49)/p-1. The molecular weight excluding hydrogens is 782 g/mol. The normalized spacial score (nSPS) is 13.3. The van der Waals surface area contributed by atoms with Crippen molar-refractivity contribution in [3.05, 3.63) is 47.8 Å². The lowest BCUT2D eigenvalue weighted by molar-refractivity contribution is -0.152. The molecule has 0 saturated carbocycles. The largest absolute Gasteiger partial charge is 0.755 e. The van der Waals surface area contributed by atoms with E-state index in [1.165, 1.54) is 35.2 Å². The highest BCUT2D eigenvalue weighted by Gasteiger charge is 2.36. The van der Waals surface area contributed by atoms with Crippen molar-refractivity contribution in [1.29, 1.82) is 0 Å². The van der Waals surface area contributed by atoms with E-state index in [1.54, 1.807) is 41.5 Å². The van der Waals surface area contributed by atoms with Crippen LogP contribution in [0.3, 0.4) is 0 Å². The van der Waals surface area contributed by atoms with Crippen LogP contribution in [0.4, 0.5) is 28.4 Å². The Bertz CT molecular complexity index is 1860. The molecule has 0 aliphatic rings. The Balaban J connectivity index is 2.03. The van der Waals surface area contributed by atoms with Crippen LogP contribution in [0.2, 0.25) is 18.1 Å². The highest BCUT2D eigenvalue weighted by molar-refractivity contribution is 7.80. The van der Waals surface area contributed by atoms with Crippen LogP contribution >= 0.6 is 0 Å². The van der Waals surface area contributed by atoms with Crippen molar-refractivity contribution in [2.24, 2.45) is 0 Å². The minimum atomic E-state index is -3.24. The van der Waals surface area contributed by atoms with Gasteiger partial charge in [-0.15, -0.1) is 5.10 Å². The van der Waals surface area contributed by atoms with Crippen molar-refractivity contribution in [3.8, 4) is 11.6 Å². The third-order valence-corrected chi connectivity index (χ3v) is 13.8. The number of carboxylic acid groups (broad SMARTS) is 1. The van der Waals surface area contributed by atoms with Gasteiger partial charge in [0.15, 0.2) is 8.32 Å². The smallest absolute Gasteiger partial charge is 0.432 e. The van der Waals surface area contributed by atoms with E-state index < -0.39 is 85.6 Å². The number of alkyl halides is 2. The lowest BCUT2D eigenvalue weighted by Gasteiger charge is -2.37. The van der Waals surface area contributed by atoms with Gasteiger partial charge in [-0.1, -0.05) is 26.8 Å². The minimum absolute atomic E-state index is 0.00464. The average Bonchev–Trinajstić information content (AvgIpc) is 3.44. The van der Waals surface area contributed by atoms with Gasteiger partial charge in [0.05, 0.1) is 35.8 Å². The molecule has 2 unspecified atom stereocenters. The zero-order valence-electron chi connectivity index (χ0n) is 32.9. The highest BCUT2D eigenvalue weighted by atomic mass is 32.2. The Morgan fingerprint density at radius 2 is 1.61 bits per heavy atom. The van der Waals surface area contributed by atoms with Crippen LogP contribution in [-0.2, 0) is 30.0 Å². The highest BCUT2D eigenvalue weighted by Crippen LogP contribution is 2.34. The van der Waals surface area contributed by atoms with Crippen molar-refractivity contribution >= 4 is 54.3 Å². The number of halogens is 3. The van der Waals surface area contributed by atoms with Crippen molar-refractivity contribution in [1.82, 2.24) is 14.7 Å². The molecule has 0 radical (unpaired) electrons. The number of fused-ring (bicyclic) bond motifs is 1. The van der Waals surface area contributed by atoms with E-state index in [0.29, 0.717) is 32.7 Å². The van der Waals surface area contributed by atoms with Crippen molar-refractivity contribution < 1.29 is 64.8 Å². The fraction of sp³-hybridized carbons (Fsp3) is 0.556. The molecule has 0 fully saturated rings. The molecule has 1 amide bonds. The predicted molar refractivity (Wildman–Crippen MR) is 203 cm³/mol. The predicted octanol–water partition coefficient (Wildman–Crippen LogP) is 7.62. The molecule has 0 aliphatic heterocycles. The van der Waals surface area contributed by atoms with Gasteiger partial charge in [-0.05, 0) is 89.5 Å². The number of anilines is 1. The fourth-order valence-corrected chi connectivity index (χ4v) is 9.00. The first kappa shape index (κ1) is 46.0. The maximum Gasteiger partial charge on any atom is 0.432 e. The summed E-state index contributed by atoms with van der Waals surface area (Å²) in [6.45, 7) is 11.3. The zero-order valence-corrected chi connectivity index (χ0v) is 34.7. The number of amides is 1. The number of ether oxygens (including phenoxy) is 4. The van der Waals surface area contributed by atoms with Crippen molar-refractivity contribution in [2.45, 2.75) is 104 Å². The van der Waals surface area contributed by atoms with E-state index in [-0.39, 0.29) is 36.3 Å². The van der Waals surface area contributed by atoms with E-state index in [4.69, 9.17) is 18.6 Å². The Morgan fingerprint density at radius 3 is 2.14 bits per heavy atom. The van der Waals surface area contributed by atoms with Crippen LogP contribution in [0, 0.1) is 5.82 Å². The molecule has 1 aromatic heterocycles. The molecule has 0 saturated heterocycles. The van der Waals surface area contributed by atoms with Crippen LogP contribution in [0.25, 0.3) is 10.9 Å². The second-order valence-corrected chi connectivity index (χ2v) is 20.3. The SMILES string of the molecule is CC[Si](CC)(CC)OC(CN(CCOc1ccc2c(OC(F)F)nn(C(=O)O)c2c1)C(=O)OC(C)(C)C)c1ccc(F)c(N(CC(=O)OC(C)(C)C)S(=O)[O-])c1. The zero-order chi connectivity index (χ0) is 42.2.